The molecule has 3 rings (SSSR count). The summed E-state index contributed by atoms with van der Waals surface area (Å²) in [6.45, 7) is 0. The minimum absolute atomic E-state index is 0.0874. The van der Waals surface area contributed by atoms with Gasteiger partial charge in [0.1, 0.15) is 5.82 Å². The number of benzene rings is 1. The Morgan fingerprint density at radius 3 is 2.68 bits per heavy atom. The first-order chi connectivity index (χ1) is 9.15. The van der Waals surface area contributed by atoms with Gasteiger partial charge < -0.3 is 5.11 Å². The van der Waals surface area contributed by atoms with E-state index in [2.05, 4.69) is 10.2 Å². The van der Waals surface area contributed by atoms with Crippen molar-refractivity contribution in [3.8, 4) is 0 Å². The number of carboxylic acids is 1. The van der Waals surface area contributed by atoms with Crippen LogP contribution in [-0.2, 0) is 6.42 Å². The van der Waals surface area contributed by atoms with Crippen LogP contribution >= 0.6 is 0 Å². The summed E-state index contributed by atoms with van der Waals surface area (Å²) in [5, 5.41) is 15.5. The molecule has 1 aliphatic rings. The Morgan fingerprint density at radius 2 is 2.00 bits per heavy atom. The summed E-state index contributed by atoms with van der Waals surface area (Å²) < 4.78 is 12.9. The van der Waals surface area contributed by atoms with E-state index < -0.39 is 5.97 Å². The predicted octanol–water partition coefficient (Wildman–Crippen LogP) is 2.73. The second-order valence-electron chi connectivity index (χ2n) is 4.45. The van der Waals surface area contributed by atoms with Crippen molar-refractivity contribution in [3.05, 3.63) is 52.6 Å². The average molecular weight is 258 g/mol. The van der Waals surface area contributed by atoms with Gasteiger partial charge in [-0.15, -0.1) is 0 Å². The molecule has 5 heteroatoms. The van der Waals surface area contributed by atoms with E-state index in [1.165, 1.54) is 12.1 Å². The predicted molar refractivity (Wildman–Crippen MR) is 68.1 cm³/mol. The van der Waals surface area contributed by atoms with Gasteiger partial charge in [-0.1, -0.05) is 12.1 Å². The Kier molecular flexibility index (Phi) is 2.67. The molecule has 4 nitrogen and oxygen atoms in total. The number of fused-ring (bicyclic) bond motifs is 1. The topological polar surface area (TPSA) is 66.0 Å². The number of aromatic carboxylic acids is 1. The molecule has 0 bridgehead atoms. The maximum atomic E-state index is 12.9. The molecule has 1 aromatic heterocycles. The number of nitrogens with one attached hydrogen (secondary N) is 1. The van der Waals surface area contributed by atoms with E-state index in [1.807, 2.05) is 6.08 Å². The number of allylic oxidation sites excluding steroid dienone is 1. The highest BCUT2D eigenvalue weighted by Gasteiger charge is 2.21. The van der Waals surface area contributed by atoms with Crippen molar-refractivity contribution in [2.75, 3.05) is 0 Å². The standard InChI is InChI=1S/C14H11FN2O2/c15-10-4-1-8(2-5-10)9-3-6-11-12(7-9)16-17-13(11)14(18)19/h1-2,4-5,7H,3,6H2,(H,16,17)(H,18,19). The largest absolute Gasteiger partial charge is 0.476 e. The third-order valence-corrected chi connectivity index (χ3v) is 3.28. The molecule has 0 radical (unpaired) electrons. The van der Waals surface area contributed by atoms with Gasteiger partial charge in [0.2, 0.25) is 0 Å². The number of carbonyl (C=O) groups is 1. The van der Waals surface area contributed by atoms with Crippen LogP contribution in [0.4, 0.5) is 4.39 Å². The zero-order valence-electron chi connectivity index (χ0n) is 9.98. The van der Waals surface area contributed by atoms with Crippen LogP contribution in [0.25, 0.3) is 11.6 Å². The molecule has 0 saturated heterocycles. The van der Waals surface area contributed by atoms with Crippen LogP contribution < -0.4 is 0 Å². The van der Waals surface area contributed by atoms with Crippen LogP contribution in [0.1, 0.15) is 33.7 Å². The molecule has 1 aliphatic carbocycles. The molecular formula is C14H11FN2O2. The third kappa shape index (κ3) is 2.03. The quantitative estimate of drug-likeness (QED) is 0.870. The van der Waals surface area contributed by atoms with Gasteiger partial charge in [-0.2, -0.15) is 5.10 Å². The lowest BCUT2D eigenvalue weighted by Crippen LogP contribution is -2.04. The van der Waals surface area contributed by atoms with Gasteiger partial charge in [-0.3, -0.25) is 5.10 Å². The first-order valence-electron chi connectivity index (χ1n) is 5.92. The van der Waals surface area contributed by atoms with Crippen molar-refractivity contribution in [2.45, 2.75) is 12.8 Å². The van der Waals surface area contributed by atoms with Crippen molar-refractivity contribution in [2.24, 2.45) is 0 Å². The second kappa shape index (κ2) is 4.35. The Hall–Kier alpha value is -2.43. The first-order valence-corrected chi connectivity index (χ1v) is 5.92. The number of aromatic nitrogens is 2. The maximum Gasteiger partial charge on any atom is 0.356 e. The van der Waals surface area contributed by atoms with Crippen molar-refractivity contribution < 1.29 is 14.3 Å². The van der Waals surface area contributed by atoms with E-state index in [-0.39, 0.29) is 11.5 Å². The Bertz CT molecular complexity index is 671. The second-order valence-corrected chi connectivity index (χ2v) is 4.45. The SMILES string of the molecule is O=C(O)c1n[nH]c2c1CCC(c1ccc(F)cc1)=C2. The molecule has 2 aromatic rings. The van der Waals surface area contributed by atoms with E-state index in [1.54, 1.807) is 12.1 Å². The molecule has 0 unspecified atom stereocenters. The van der Waals surface area contributed by atoms with Crippen LogP contribution in [-0.4, -0.2) is 21.3 Å². The summed E-state index contributed by atoms with van der Waals surface area (Å²) in [5.74, 6) is -1.29. The normalized spacial score (nSPS) is 13.8. The highest BCUT2D eigenvalue weighted by molar-refractivity contribution is 5.91. The van der Waals surface area contributed by atoms with Gasteiger partial charge in [0.25, 0.3) is 0 Å². The van der Waals surface area contributed by atoms with Crippen LogP contribution in [0.15, 0.2) is 24.3 Å². The molecule has 0 fully saturated rings. The summed E-state index contributed by atoms with van der Waals surface area (Å²) in [6.07, 6.45) is 3.22. The van der Waals surface area contributed by atoms with Gasteiger partial charge in [0, 0.05) is 5.56 Å². The summed E-state index contributed by atoms with van der Waals surface area (Å²) in [5.41, 5.74) is 3.54. The van der Waals surface area contributed by atoms with Crippen LogP contribution in [0.5, 0.6) is 0 Å². The summed E-state index contributed by atoms with van der Waals surface area (Å²) in [7, 11) is 0. The number of halogens is 1. The van der Waals surface area contributed by atoms with Crippen molar-refractivity contribution >= 4 is 17.6 Å². The van der Waals surface area contributed by atoms with Gasteiger partial charge in [0.15, 0.2) is 5.69 Å². The van der Waals surface area contributed by atoms with Crippen molar-refractivity contribution in [3.63, 3.8) is 0 Å². The van der Waals surface area contributed by atoms with E-state index >= 15 is 0 Å². The Labute approximate surface area is 108 Å². The molecule has 2 N–H and O–H groups in total. The number of carboxylic acid groups (broad SMARTS) is 1. The summed E-state index contributed by atoms with van der Waals surface area (Å²) >= 11 is 0. The van der Waals surface area contributed by atoms with E-state index in [0.29, 0.717) is 6.42 Å². The molecule has 0 saturated carbocycles. The summed E-state index contributed by atoms with van der Waals surface area (Å²) in [4.78, 5) is 11.0. The fraction of sp³-hybridized carbons (Fsp3) is 0.143. The number of nitrogens with zero attached hydrogens (tertiary/aromatic N) is 1. The lowest BCUT2D eigenvalue weighted by Gasteiger charge is -2.13. The van der Waals surface area contributed by atoms with Crippen molar-refractivity contribution in [1.29, 1.82) is 0 Å². The van der Waals surface area contributed by atoms with Crippen LogP contribution in [0.2, 0.25) is 0 Å². The monoisotopic (exact) mass is 258 g/mol. The minimum Gasteiger partial charge on any atom is -0.476 e. The van der Waals surface area contributed by atoms with Gasteiger partial charge in [0.05, 0.1) is 5.69 Å². The van der Waals surface area contributed by atoms with Crippen molar-refractivity contribution in [1.82, 2.24) is 10.2 Å². The Morgan fingerprint density at radius 1 is 1.26 bits per heavy atom. The average Bonchev–Trinajstić information content (AvgIpc) is 2.82. The highest BCUT2D eigenvalue weighted by atomic mass is 19.1. The summed E-state index contributed by atoms with van der Waals surface area (Å²) in [6, 6.07) is 6.28. The van der Waals surface area contributed by atoms with Gasteiger partial charge >= 0.3 is 5.97 Å². The molecule has 0 aliphatic heterocycles. The van der Waals surface area contributed by atoms with Gasteiger partial charge in [-0.25, -0.2) is 9.18 Å². The lowest BCUT2D eigenvalue weighted by atomic mass is 9.91. The first kappa shape index (κ1) is 11.6. The zero-order chi connectivity index (χ0) is 13.4. The zero-order valence-corrected chi connectivity index (χ0v) is 9.98. The highest BCUT2D eigenvalue weighted by Crippen LogP contribution is 2.30. The fourth-order valence-corrected chi connectivity index (χ4v) is 2.33. The molecule has 0 amide bonds. The number of hydrogen-bond acceptors (Lipinski definition) is 2. The van der Waals surface area contributed by atoms with E-state index in [4.69, 9.17) is 5.11 Å². The maximum absolute atomic E-state index is 12.9. The van der Waals surface area contributed by atoms with Crippen LogP contribution in [0, 0.1) is 5.82 Å². The molecule has 96 valence electrons. The molecule has 1 heterocycles. The van der Waals surface area contributed by atoms with Gasteiger partial charge in [-0.05, 0) is 42.2 Å². The number of aromatic amines is 1. The molecule has 0 spiro atoms. The van der Waals surface area contributed by atoms with E-state index in [9.17, 15) is 9.18 Å². The number of H-pyrrole nitrogens is 1. The number of hydrogen-bond donors (Lipinski definition) is 2. The number of rotatable bonds is 2. The van der Waals surface area contributed by atoms with E-state index in [0.717, 1.165) is 28.8 Å². The minimum atomic E-state index is -1.02. The Balaban J connectivity index is 2.00. The molecule has 1 aromatic carbocycles. The van der Waals surface area contributed by atoms with Crippen LogP contribution in [0.3, 0.4) is 0 Å². The fourth-order valence-electron chi connectivity index (χ4n) is 2.33. The molecular weight excluding hydrogens is 247 g/mol. The lowest BCUT2D eigenvalue weighted by molar-refractivity contribution is 0.0689. The molecule has 19 heavy (non-hydrogen) atoms. The molecule has 0 atom stereocenters. The third-order valence-electron chi connectivity index (χ3n) is 3.28. The smallest absolute Gasteiger partial charge is 0.356 e.